The largest absolute Gasteiger partial charge is 0.320 e. The molecule has 1 amide bonds. The Bertz CT molecular complexity index is 637. The summed E-state index contributed by atoms with van der Waals surface area (Å²) in [6.45, 7) is 1.85. The highest BCUT2D eigenvalue weighted by Crippen LogP contribution is 2.16. The number of benzene rings is 1. The number of amides is 1. The van der Waals surface area contributed by atoms with Crippen molar-refractivity contribution >= 4 is 29.0 Å². The molecule has 19 heavy (non-hydrogen) atoms. The van der Waals surface area contributed by atoms with Gasteiger partial charge in [0.2, 0.25) is 5.91 Å². The summed E-state index contributed by atoms with van der Waals surface area (Å²) >= 11 is 1.46. The van der Waals surface area contributed by atoms with E-state index in [4.69, 9.17) is 0 Å². The van der Waals surface area contributed by atoms with Gasteiger partial charge in [0.25, 0.3) is 0 Å². The van der Waals surface area contributed by atoms with Crippen molar-refractivity contribution < 1.29 is 13.6 Å². The molecule has 1 N–H and O–H groups in total. The van der Waals surface area contributed by atoms with E-state index in [9.17, 15) is 13.6 Å². The zero-order valence-electron chi connectivity index (χ0n) is 9.98. The minimum absolute atomic E-state index is 0.191. The minimum atomic E-state index is -1.08. The molecule has 0 unspecified atom stereocenters. The molecule has 98 valence electrons. The molecule has 1 heterocycles. The number of hydrogen-bond donors (Lipinski definition) is 1. The van der Waals surface area contributed by atoms with Crippen molar-refractivity contribution in [3.8, 4) is 0 Å². The maximum atomic E-state index is 13.3. The van der Waals surface area contributed by atoms with Gasteiger partial charge in [0.05, 0.1) is 16.4 Å². The number of hydrogen-bond acceptors (Lipinski definition) is 3. The van der Waals surface area contributed by atoms with Crippen molar-refractivity contribution in [2.24, 2.45) is 0 Å². The van der Waals surface area contributed by atoms with E-state index in [1.165, 1.54) is 35.6 Å². The number of carbonyl (C=O) groups is 1. The van der Waals surface area contributed by atoms with E-state index in [0.29, 0.717) is 5.69 Å². The van der Waals surface area contributed by atoms with Crippen LogP contribution in [0.3, 0.4) is 0 Å². The highest BCUT2D eigenvalue weighted by Gasteiger charge is 2.08. The standard InChI is InChI=1S/C13H10F2N2OS/c1-8-16-9(7-19-8)5-6-12(18)17-11-4-2-3-10(14)13(11)15/h2-7H,1H3,(H,17,18). The first-order valence-corrected chi connectivity index (χ1v) is 6.29. The fourth-order valence-electron chi connectivity index (χ4n) is 1.39. The molecule has 1 aromatic carbocycles. The second kappa shape index (κ2) is 5.71. The highest BCUT2D eigenvalue weighted by atomic mass is 32.1. The molecular weight excluding hydrogens is 270 g/mol. The average Bonchev–Trinajstić information content (AvgIpc) is 2.78. The second-order valence-corrected chi connectivity index (χ2v) is 4.78. The molecule has 0 fully saturated rings. The molecule has 0 aliphatic heterocycles. The normalized spacial score (nSPS) is 10.9. The fraction of sp³-hybridized carbons (Fsp3) is 0.0769. The third-order valence-electron chi connectivity index (χ3n) is 2.25. The molecule has 2 aromatic rings. The Kier molecular flexibility index (Phi) is 4.01. The average molecular weight is 280 g/mol. The third kappa shape index (κ3) is 3.45. The lowest BCUT2D eigenvalue weighted by Crippen LogP contribution is -2.09. The molecule has 0 spiro atoms. The fourth-order valence-corrected chi connectivity index (χ4v) is 1.97. The Morgan fingerprint density at radius 3 is 2.89 bits per heavy atom. The van der Waals surface area contributed by atoms with Crippen LogP contribution in [0.2, 0.25) is 0 Å². The molecule has 1 aromatic heterocycles. The Hall–Kier alpha value is -2.08. The van der Waals surface area contributed by atoms with Gasteiger partial charge in [0.1, 0.15) is 0 Å². The van der Waals surface area contributed by atoms with Gasteiger partial charge in [-0.1, -0.05) is 6.07 Å². The highest BCUT2D eigenvalue weighted by molar-refractivity contribution is 7.09. The van der Waals surface area contributed by atoms with Crippen molar-refractivity contribution in [1.29, 1.82) is 0 Å². The van der Waals surface area contributed by atoms with E-state index in [2.05, 4.69) is 10.3 Å². The number of nitrogens with one attached hydrogen (secondary N) is 1. The minimum Gasteiger partial charge on any atom is -0.320 e. The molecular formula is C13H10F2N2OS. The van der Waals surface area contributed by atoms with Crippen LogP contribution in [0.15, 0.2) is 29.7 Å². The van der Waals surface area contributed by atoms with Crippen LogP contribution in [0.5, 0.6) is 0 Å². The SMILES string of the molecule is Cc1nc(C=CC(=O)Nc2cccc(F)c2F)cs1. The van der Waals surface area contributed by atoms with Crippen molar-refractivity contribution in [3.63, 3.8) is 0 Å². The predicted octanol–water partition coefficient (Wildman–Crippen LogP) is 3.38. The second-order valence-electron chi connectivity index (χ2n) is 3.72. The number of aromatic nitrogens is 1. The lowest BCUT2D eigenvalue weighted by atomic mass is 10.3. The first kappa shape index (κ1) is 13.4. The molecule has 0 saturated carbocycles. The van der Waals surface area contributed by atoms with Gasteiger partial charge in [0.15, 0.2) is 11.6 Å². The van der Waals surface area contributed by atoms with Crippen LogP contribution < -0.4 is 5.32 Å². The van der Waals surface area contributed by atoms with Crippen LogP contribution in [0, 0.1) is 18.6 Å². The van der Waals surface area contributed by atoms with Gasteiger partial charge in [-0.3, -0.25) is 4.79 Å². The lowest BCUT2D eigenvalue weighted by molar-refractivity contribution is -0.111. The Morgan fingerprint density at radius 1 is 1.42 bits per heavy atom. The summed E-state index contributed by atoms with van der Waals surface area (Å²) in [6, 6.07) is 3.59. The number of rotatable bonds is 3. The van der Waals surface area contributed by atoms with Crippen LogP contribution in [0.1, 0.15) is 10.7 Å². The number of thiazole rings is 1. The molecule has 0 atom stereocenters. The van der Waals surface area contributed by atoms with Gasteiger partial charge in [0, 0.05) is 11.5 Å². The number of anilines is 1. The first-order valence-electron chi connectivity index (χ1n) is 5.41. The Labute approximate surface area is 112 Å². The third-order valence-corrected chi connectivity index (χ3v) is 3.04. The van der Waals surface area contributed by atoms with E-state index in [0.717, 1.165) is 11.1 Å². The number of nitrogens with zero attached hydrogens (tertiary/aromatic N) is 1. The molecule has 2 rings (SSSR count). The van der Waals surface area contributed by atoms with Crippen LogP contribution >= 0.6 is 11.3 Å². The van der Waals surface area contributed by atoms with Gasteiger partial charge in [-0.25, -0.2) is 13.8 Å². The molecule has 0 radical (unpaired) electrons. The topological polar surface area (TPSA) is 42.0 Å². The van der Waals surface area contributed by atoms with Gasteiger partial charge in [-0.05, 0) is 25.1 Å². The first-order chi connectivity index (χ1) is 9.06. The zero-order valence-corrected chi connectivity index (χ0v) is 10.8. The van der Waals surface area contributed by atoms with Crippen LogP contribution in [-0.4, -0.2) is 10.9 Å². The molecule has 3 nitrogen and oxygen atoms in total. The number of halogens is 2. The van der Waals surface area contributed by atoms with Crippen molar-refractivity contribution in [2.75, 3.05) is 5.32 Å². The summed E-state index contributed by atoms with van der Waals surface area (Å²) in [7, 11) is 0. The van der Waals surface area contributed by atoms with Crippen molar-refractivity contribution in [3.05, 3.63) is 52.0 Å². The van der Waals surface area contributed by atoms with E-state index < -0.39 is 17.5 Å². The summed E-state index contributed by atoms with van der Waals surface area (Å²) in [5, 5.41) is 4.94. The van der Waals surface area contributed by atoms with Gasteiger partial charge in [-0.15, -0.1) is 11.3 Å². The van der Waals surface area contributed by atoms with E-state index >= 15 is 0 Å². The quantitative estimate of drug-likeness (QED) is 0.876. The Balaban J connectivity index is 2.05. The molecule has 0 aliphatic rings. The summed E-state index contributed by atoms with van der Waals surface area (Å²) in [5.74, 6) is -2.62. The van der Waals surface area contributed by atoms with E-state index in [1.54, 1.807) is 5.38 Å². The maximum Gasteiger partial charge on any atom is 0.248 e. The van der Waals surface area contributed by atoms with Crippen LogP contribution in [0.25, 0.3) is 6.08 Å². The molecule has 6 heteroatoms. The van der Waals surface area contributed by atoms with E-state index in [-0.39, 0.29) is 5.69 Å². The van der Waals surface area contributed by atoms with Crippen LogP contribution in [0.4, 0.5) is 14.5 Å². The van der Waals surface area contributed by atoms with Gasteiger partial charge < -0.3 is 5.32 Å². The zero-order chi connectivity index (χ0) is 13.8. The van der Waals surface area contributed by atoms with Crippen molar-refractivity contribution in [2.45, 2.75) is 6.92 Å². The number of carbonyl (C=O) groups excluding carboxylic acids is 1. The maximum absolute atomic E-state index is 13.3. The van der Waals surface area contributed by atoms with E-state index in [1.807, 2.05) is 6.92 Å². The number of aryl methyl sites for hydroxylation is 1. The molecule has 0 bridgehead atoms. The summed E-state index contributed by atoms with van der Waals surface area (Å²) in [4.78, 5) is 15.7. The summed E-state index contributed by atoms with van der Waals surface area (Å²) in [5.41, 5.74) is 0.460. The summed E-state index contributed by atoms with van der Waals surface area (Å²) < 4.78 is 26.2. The summed E-state index contributed by atoms with van der Waals surface area (Å²) in [6.07, 6.45) is 2.73. The lowest BCUT2D eigenvalue weighted by Gasteiger charge is -2.03. The van der Waals surface area contributed by atoms with Gasteiger partial charge >= 0.3 is 0 Å². The van der Waals surface area contributed by atoms with Crippen molar-refractivity contribution in [1.82, 2.24) is 4.98 Å². The molecule has 0 aliphatic carbocycles. The monoisotopic (exact) mass is 280 g/mol. The van der Waals surface area contributed by atoms with Gasteiger partial charge in [-0.2, -0.15) is 0 Å². The Morgan fingerprint density at radius 2 is 2.21 bits per heavy atom. The smallest absolute Gasteiger partial charge is 0.248 e. The molecule has 0 saturated heterocycles. The van der Waals surface area contributed by atoms with Crippen LogP contribution in [-0.2, 0) is 4.79 Å². The predicted molar refractivity (Wildman–Crippen MR) is 70.9 cm³/mol.